The SMILES string of the molecule is C=CCOC(=O)N[C@H](C(=O)O)[C@H](C)C(=O)O. The molecule has 7 heteroatoms. The Bertz CT molecular complexity index is 300. The second-order valence-corrected chi connectivity index (χ2v) is 2.97. The van der Waals surface area contributed by atoms with Crippen LogP contribution in [0.4, 0.5) is 4.79 Å². The van der Waals surface area contributed by atoms with Gasteiger partial charge in [0.1, 0.15) is 12.6 Å². The molecule has 0 spiro atoms. The number of hydrogen-bond donors (Lipinski definition) is 3. The first-order valence-corrected chi connectivity index (χ1v) is 4.40. The lowest BCUT2D eigenvalue weighted by molar-refractivity contribution is -0.150. The van der Waals surface area contributed by atoms with Crippen LogP contribution in [0.15, 0.2) is 12.7 Å². The summed E-state index contributed by atoms with van der Waals surface area (Å²) in [5.74, 6) is -4.02. The van der Waals surface area contributed by atoms with Crippen molar-refractivity contribution in [3.8, 4) is 0 Å². The lowest BCUT2D eigenvalue weighted by atomic mass is 10.0. The maximum atomic E-state index is 11.0. The molecule has 0 aromatic heterocycles. The van der Waals surface area contributed by atoms with E-state index in [4.69, 9.17) is 10.2 Å². The van der Waals surface area contributed by atoms with E-state index < -0.39 is 30.0 Å². The number of carbonyl (C=O) groups excluding carboxylic acids is 1. The maximum Gasteiger partial charge on any atom is 0.408 e. The molecule has 90 valence electrons. The lowest BCUT2D eigenvalue weighted by Crippen LogP contribution is -2.47. The Morgan fingerprint density at radius 2 is 1.94 bits per heavy atom. The zero-order valence-corrected chi connectivity index (χ0v) is 8.67. The van der Waals surface area contributed by atoms with Crippen molar-refractivity contribution < 1.29 is 29.3 Å². The molecule has 0 rings (SSSR count). The van der Waals surface area contributed by atoms with Gasteiger partial charge < -0.3 is 20.3 Å². The molecule has 0 radical (unpaired) electrons. The van der Waals surface area contributed by atoms with Crippen LogP contribution in [0.25, 0.3) is 0 Å². The third-order valence-corrected chi connectivity index (χ3v) is 1.76. The number of carboxylic acid groups (broad SMARTS) is 2. The molecule has 0 saturated heterocycles. The van der Waals surface area contributed by atoms with E-state index in [-0.39, 0.29) is 6.61 Å². The van der Waals surface area contributed by atoms with E-state index in [1.807, 2.05) is 5.32 Å². The van der Waals surface area contributed by atoms with Gasteiger partial charge in [0.2, 0.25) is 0 Å². The van der Waals surface area contributed by atoms with Gasteiger partial charge in [-0.25, -0.2) is 9.59 Å². The van der Waals surface area contributed by atoms with Crippen molar-refractivity contribution in [1.29, 1.82) is 0 Å². The number of amides is 1. The second-order valence-electron chi connectivity index (χ2n) is 2.97. The van der Waals surface area contributed by atoms with Crippen LogP contribution < -0.4 is 5.32 Å². The second kappa shape index (κ2) is 6.44. The van der Waals surface area contributed by atoms with Crippen LogP contribution in [0.3, 0.4) is 0 Å². The quantitative estimate of drug-likeness (QED) is 0.557. The van der Waals surface area contributed by atoms with Crippen molar-refractivity contribution >= 4 is 18.0 Å². The molecule has 0 heterocycles. The molecular formula is C9H13NO6. The molecule has 0 fully saturated rings. The van der Waals surface area contributed by atoms with Crippen LogP contribution in [-0.4, -0.2) is 40.9 Å². The van der Waals surface area contributed by atoms with E-state index in [0.717, 1.165) is 0 Å². The molecule has 0 aromatic carbocycles. The number of nitrogens with one attached hydrogen (secondary N) is 1. The van der Waals surface area contributed by atoms with Gasteiger partial charge >= 0.3 is 18.0 Å². The molecule has 0 aliphatic carbocycles. The summed E-state index contributed by atoms with van der Waals surface area (Å²) in [6.07, 6.45) is 0.302. The lowest BCUT2D eigenvalue weighted by Gasteiger charge is -2.17. The van der Waals surface area contributed by atoms with Crippen LogP contribution in [0.5, 0.6) is 0 Å². The van der Waals surface area contributed by atoms with Crippen LogP contribution in [0.1, 0.15) is 6.92 Å². The standard InChI is InChI=1S/C9H13NO6/c1-3-4-16-9(15)10-6(8(13)14)5(2)7(11)12/h3,5-6H,1,4H2,2H3,(H,10,15)(H,11,12)(H,13,14)/t5-,6-/m0/s1. The van der Waals surface area contributed by atoms with Gasteiger partial charge in [0.25, 0.3) is 0 Å². The first-order valence-electron chi connectivity index (χ1n) is 4.40. The van der Waals surface area contributed by atoms with Crippen molar-refractivity contribution in [3.05, 3.63) is 12.7 Å². The number of ether oxygens (including phenoxy) is 1. The maximum absolute atomic E-state index is 11.0. The number of aliphatic carboxylic acids is 2. The van der Waals surface area contributed by atoms with Crippen molar-refractivity contribution in [2.45, 2.75) is 13.0 Å². The highest BCUT2D eigenvalue weighted by Gasteiger charge is 2.31. The Morgan fingerprint density at radius 1 is 1.38 bits per heavy atom. The van der Waals surface area contributed by atoms with Gasteiger partial charge in [-0.05, 0) is 6.92 Å². The zero-order chi connectivity index (χ0) is 12.7. The molecule has 0 saturated carbocycles. The number of carbonyl (C=O) groups is 3. The Kier molecular flexibility index (Phi) is 5.61. The van der Waals surface area contributed by atoms with E-state index in [0.29, 0.717) is 0 Å². The minimum atomic E-state index is -1.53. The molecule has 0 bridgehead atoms. The summed E-state index contributed by atoms with van der Waals surface area (Å²) in [5.41, 5.74) is 0. The number of alkyl carbamates (subject to hydrolysis) is 1. The highest BCUT2D eigenvalue weighted by molar-refractivity contribution is 5.85. The molecule has 0 aromatic rings. The average Bonchev–Trinajstić information content (AvgIpc) is 2.21. The Morgan fingerprint density at radius 3 is 2.31 bits per heavy atom. The van der Waals surface area contributed by atoms with E-state index >= 15 is 0 Å². The summed E-state index contributed by atoms with van der Waals surface area (Å²) < 4.78 is 4.48. The summed E-state index contributed by atoms with van der Waals surface area (Å²) in [5, 5.41) is 19.3. The van der Waals surface area contributed by atoms with Crippen LogP contribution in [0, 0.1) is 5.92 Å². The van der Waals surface area contributed by atoms with Crippen LogP contribution in [0.2, 0.25) is 0 Å². The summed E-state index contributed by atoms with van der Waals surface area (Å²) in [4.78, 5) is 32.3. The molecule has 0 aliphatic rings. The third kappa shape index (κ3) is 4.45. The Labute approximate surface area is 91.7 Å². The third-order valence-electron chi connectivity index (χ3n) is 1.76. The van der Waals surface area contributed by atoms with E-state index in [1.165, 1.54) is 13.0 Å². The van der Waals surface area contributed by atoms with Gasteiger partial charge in [0, 0.05) is 0 Å². The monoisotopic (exact) mass is 231 g/mol. The normalized spacial score (nSPS) is 13.3. The van der Waals surface area contributed by atoms with Crippen LogP contribution in [-0.2, 0) is 14.3 Å². The summed E-state index contributed by atoms with van der Waals surface area (Å²) >= 11 is 0. The minimum Gasteiger partial charge on any atom is -0.481 e. The highest BCUT2D eigenvalue weighted by Crippen LogP contribution is 2.04. The van der Waals surface area contributed by atoms with E-state index in [1.54, 1.807) is 0 Å². The van der Waals surface area contributed by atoms with Gasteiger partial charge in [-0.15, -0.1) is 0 Å². The largest absolute Gasteiger partial charge is 0.481 e. The molecule has 16 heavy (non-hydrogen) atoms. The smallest absolute Gasteiger partial charge is 0.408 e. The minimum absolute atomic E-state index is 0.0837. The fraction of sp³-hybridized carbons (Fsp3) is 0.444. The number of carboxylic acids is 2. The topological polar surface area (TPSA) is 113 Å². The number of hydrogen-bond acceptors (Lipinski definition) is 4. The van der Waals surface area contributed by atoms with Gasteiger partial charge in [-0.2, -0.15) is 0 Å². The first kappa shape index (κ1) is 13.9. The van der Waals surface area contributed by atoms with Crippen molar-refractivity contribution in [2.75, 3.05) is 6.61 Å². The molecule has 1 amide bonds. The fourth-order valence-electron chi connectivity index (χ4n) is 0.846. The molecule has 0 aliphatic heterocycles. The Balaban J connectivity index is 4.45. The van der Waals surface area contributed by atoms with Gasteiger partial charge in [0.15, 0.2) is 0 Å². The number of rotatable bonds is 6. The summed E-state index contributed by atoms with van der Waals surface area (Å²) in [6.45, 7) is 4.39. The molecular weight excluding hydrogens is 218 g/mol. The first-order chi connectivity index (χ1) is 7.40. The zero-order valence-electron chi connectivity index (χ0n) is 8.67. The van der Waals surface area contributed by atoms with Crippen molar-refractivity contribution in [1.82, 2.24) is 5.32 Å². The van der Waals surface area contributed by atoms with Crippen LogP contribution >= 0.6 is 0 Å². The van der Waals surface area contributed by atoms with E-state index in [2.05, 4.69) is 11.3 Å². The molecule has 7 nitrogen and oxygen atoms in total. The highest BCUT2D eigenvalue weighted by atomic mass is 16.5. The van der Waals surface area contributed by atoms with Crippen molar-refractivity contribution in [2.24, 2.45) is 5.92 Å². The van der Waals surface area contributed by atoms with E-state index in [9.17, 15) is 14.4 Å². The average molecular weight is 231 g/mol. The summed E-state index contributed by atoms with van der Waals surface area (Å²) in [7, 11) is 0. The molecule has 2 atom stereocenters. The molecule has 0 unspecified atom stereocenters. The van der Waals surface area contributed by atoms with Gasteiger partial charge in [-0.3, -0.25) is 4.79 Å². The molecule has 3 N–H and O–H groups in total. The Hall–Kier alpha value is -2.05. The van der Waals surface area contributed by atoms with Gasteiger partial charge in [-0.1, -0.05) is 12.7 Å². The summed E-state index contributed by atoms with van der Waals surface area (Å²) in [6, 6.07) is -1.53. The predicted octanol–water partition coefficient (Wildman–Crippen LogP) is 0.0725. The predicted molar refractivity (Wildman–Crippen MR) is 52.9 cm³/mol. The van der Waals surface area contributed by atoms with Gasteiger partial charge in [0.05, 0.1) is 5.92 Å². The fourth-order valence-corrected chi connectivity index (χ4v) is 0.846. The van der Waals surface area contributed by atoms with Crippen molar-refractivity contribution in [3.63, 3.8) is 0 Å².